The molecule has 0 aromatic heterocycles. The van der Waals surface area contributed by atoms with Gasteiger partial charge in [0.15, 0.2) is 0 Å². The molecule has 1 saturated carbocycles. The third-order valence-corrected chi connectivity index (χ3v) is 4.27. The van der Waals surface area contributed by atoms with Gasteiger partial charge in [-0.25, -0.2) is 0 Å². The van der Waals surface area contributed by atoms with E-state index in [1.807, 2.05) is 6.92 Å². The second-order valence-corrected chi connectivity index (χ2v) is 5.62. The van der Waals surface area contributed by atoms with Crippen LogP contribution in [0.25, 0.3) is 0 Å². The quantitative estimate of drug-likeness (QED) is 0.920. The molecular weight excluding hydrogens is 268 g/mol. The first-order valence-corrected chi connectivity index (χ1v) is 6.23. The van der Waals surface area contributed by atoms with E-state index in [-0.39, 0.29) is 11.8 Å². The van der Waals surface area contributed by atoms with Crippen molar-refractivity contribution in [2.24, 2.45) is 0 Å². The lowest BCUT2D eigenvalue weighted by molar-refractivity contribution is -0.137. The van der Waals surface area contributed by atoms with Crippen LogP contribution in [0, 0.1) is 13.8 Å². The standard InChI is InChI=1S/C13H15BrO2/c1-8-6-11(14)9(2)5-10(8)13(3-4-13)7-12(15)16/h5-6H,3-4,7H2,1-2H3,(H,15,16). The molecule has 3 heteroatoms. The van der Waals surface area contributed by atoms with E-state index in [2.05, 4.69) is 35.0 Å². The highest BCUT2D eigenvalue weighted by Gasteiger charge is 2.46. The predicted octanol–water partition coefficient (Wildman–Crippen LogP) is 3.57. The number of carboxylic acid groups (broad SMARTS) is 1. The van der Waals surface area contributed by atoms with E-state index in [1.165, 1.54) is 16.7 Å². The van der Waals surface area contributed by atoms with Gasteiger partial charge < -0.3 is 5.11 Å². The Balaban J connectivity index is 2.41. The van der Waals surface area contributed by atoms with Crippen molar-refractivity contribution in [2.75, 3.05) is 0 Å². The minimum Gasteiger partial charge on any atom is -0.481 e. The lowest BCUT2D eigenvalue weighted by atomic mass is 9.88. The average Bonchev–Trinajstić information content (AvgIpc) is 2.91. The molecule has 2 rings (SSSR count). The summed E-state index contributed by atoms with van der Waals surface area (Å²) in [5.41, 5.74) is 3.51. The highest BCUT2D eigenvalue weighted by molar-refractivity contribution is 9.10. The summed E-state index contributed by atoms with van der Waals surface area (Å²) >= 11 is 3.50. The summed E-state index contributed by atoms with van der Waals surface area (Å²) in [6, 6.07) is 4.22. The molecular formula is C13H15BrO2. The Morgan fingerprint density at radius 1 is 1.38 bits per heavy atom. The molecule has 86 valence electrons. The molecule has 0 unspecified atom stereocenters. The van der Waals surface area contributed by atoms with Crippen LogP contribution in [0.4, 0.5) is 0 Å². The van der Waals surface area contributed by atoms with Gasteiger partial charge in [-0.05, 0) is 49.4 Å². The van der Waals surface area contributed by atoms with Gasteiger partial charge in [-0.15, -0.1) is 0 Å². The summed E-state index contributed by atoms with van der Waals surface area (Å²) in [4.78, 5) is 10.9. The molecule has 0 heterocycles. The van der Waals surface area contributed by atoms with E-state index in [0.29, 0.717) is 0 Å². The monoisotopic (exact) mass is 282 g/mol. The Morgan fingerprint density at radius 2 is 2.00 bits per heavy atom. The van der Waals surface area contributed by atoms with E-state index >= 15 is 0 Å². The number of carboxylic acids is 1. The Hall–Kier alpha value is -0.830. The van der Waals surface area contributed by atoms with Crippen molar-refractivity contribution in [3.05, 3.63) is 33.3 Å². The normalized spacial score (nSPS) is 17.2. The number of rotatable bonds is 3. The van der Waals surface area contributed by atoms with Crippen LogP contribution in [-0.4, -0.2) is 11.1 Å². The third kappa shape index (κ3) is 2.01. The van der Waals surface area contributed by atoms with Gasteiger partial charge in [0, 0.05) is 9.89 Å². The number of aliphatic carboxylic acids is 1. The smallest absolute Gasteiger partial charge is 0.304 e. The Labute approximate surface area is 104 Å². The Bertz CT molecular complexity index is 447. The van der Waals surface area contributed by atoms with Crippen LogP contribution in [0.3, 0.4) is 0 Å². The molecule has 0 spiro atoms. The van der Waals surface area contributed by atoms with Gasteiger partial charge in [-0.1, -0.05) is 22.0 Å². The summed E-state index contributed by atoms with van der Waals surface area (Å²) in [5.74, 6) is -0.697. The minimum atomic E-state index is -0.697. The molecule has 0 bridgehead atoms. The number of benzene rings is 1. The molecule has 2 nitrogen and oxygen atoms in total. The first kappa shape index (κ1) is 11.6. The lowest BCUT2D eigenvalue weighted by Crippen LogP contribution is -2.14. The zero-order chi connectivity index (χ0) is 11.9. The van der Waals surface area contributed by atoms with E-state index in [4.69, 9.17) is 5.11 Å². The van der Waals surface area contributed by atoms with E-state index in [9.17, 15) is 4.79 Å². The van der Waals surface area contributed by atoms with Crippen molar-refractivity contribution in [2.45, 2.75) is 38.5 Å². The van der Waals surface area contributed by atoms with Crippen molar-refractivity contribution in [3.63, 3.8) is 0 Å². The predicted molar refractivity (Wildman–Crippen MR) is 66.8 cm³/mol. The zero-order valence-corrected chi connectivity index (χ0v) is 11.1. The van der Waals surface area contributed by atoms with Gasteiger partial charge in [-0.2, -0.15) is 0 Å². The zero-order valence-electron chi connectivity index (χ0n) is 9.51. The first-order valence-electron chi connectivity index (χ1n) is 5.44. The summed E-state index contributed by atoms with van der Waals surface area (Å²) in [6.45, 7) is 4.10. The fourth-order valence-corrected chi connectivity index (χ4v) is 2.79. The average molecular weight is 283 g/mol. The number of aryl methyl sites for hydroxylation is 2. The molecule has 1 fully saturated rings. The Morgan fingerprint density at radius 3 is 2.50 bits per heavy atom. The molecule has 0 radical (unpaired) electrons. The van der Waals surface area contributed by atoms with Crippen LogP contribution in [0.15, 0.2) is 16.6 Å². The topological polar surface area (TPSA) is 37.3 Å². The molecule has 0 atom stereocenters. The number of halogens is 1. The van der Waals surface area contributed by atoms with Crippen LogP contribution in [0.2, 0.25) is 0 Å². The van der Waals surface area contributed by atoms with Crippen molar-refractivity contribution in [3.8, 4) is 0 Å². The van der Waals surface area contributed by atoms with E-state index in [1.54, 1.807) is 0 Å². The number of carbonyl (C=O) groups is 1. The lowest BCUT2D eigenvalue weighted by Gasteiger charge is -2.17. The maximum Gasteiger partial charge on any atom is 0.304 e. The van der Waals surface area contributed by atoms with E-state index < -0.39 is 5.97 Å². The first-order chi connectivity index (χ1) is 7.44. The molecule has 0 amide bonds. The highest BCUT2D eigenvalue weighted by Crippen LogP contribution is 2.52. The van der Waals surface area contributed by atoms with Crippen molar-refractivity contribution < 1.29 is 9.90 Å². The summed E-state index contributed by atoms with van der Waals surface area (Å²) in [6.07, 6.45) is 2.26. The maximum atomic E-state index is 10.9. The molecule has 1 aromatic carbocycles. The molecule has 16 heavy (non-hydrogen) atoms. The number of hydrogen-bond donors (Lipinski definition) is 1. The summed E-state index contributed by atoms with van der Waals surface area (Å²) in [7, 11) is 0. The van der Waals surface area contributed by atoms with Crippen LogP contribution < -0.4 is 0 Å². The number of hydrogen-bond acceptors (Lipinski definition) is 1. The Kier molecular flexibility index (Phi) is 2.82. The second kappa shape index (κ2) is 3.88. The van der Waals surface area contributed by atoms with Gasteiger partial charge in [-0.3, -0.25) is 4.79 Å². The van der Waals surface area contributed by atoms with Crippen molar-refractivity contribution in [1.29, 1.82) is 0 Å². The second-order valence-electron chi connectivity index (χ2n) is 4.77. The van der Waals surface area contributed by atoms with Gasteiger partial charge in [0.2, 0.25) is 0 Å². The van der Waals surface area contributed by atoms with Crippen molar-refractivity contribution >= 4 is 21.9 Å². The van der Waals surface area contributed by atoms with Gasteiger partial charge in [0.05, 0.1) is 6.42 Å². The van der Waals surface area contributed by atoms with E-state index in [0.717, 1.165) is 17.3 Å². The third-order valence-electron chi connectivity index (χ3n) is 3.42. The minimum absolute atomic E-state index is 0.0820. The molecule has 1 aliphatic carbocycles. The largest absolute Gasteiger partial charge is 0.481 e. The fraction of sp³-hybridized carbons (Fsp3) is 0.462. The molecule has 1 aliphatic rings. The summed E-state index contributed by atoms with van der Waals surface area (Å²) in [5, 5.41) is 8.96. The van der Waals surface area contributed by atoms with Gasteiger partial charge >= 0.3 is 5.97 Å². The van der Waals surface area contributed by atoms with Gasteiger partial charge in [0.25, 0.3) is 0 Å². The van der Waals surface area contributed by atoms with Gasteiger partial charge in [0.1, 0.15) is 0 Å². The van der Waals surface area contributed by atoms with Crippen LogP contribution in [0.1, 0.15) is 36.0 Å². The molecule has 1 aromatic rings. The summed E-state index contributed by atoms with van der Waals surface area (Å²) < 4.78 is 1.10. The molecule has 1 N–H and O–H groups in total. The highest BCUT2D eigenvalue weighted by atomic mass is 79.9. The van der Waals surface area contributed by atoms with Crippen LogP contribution in [-0.2, 0) is 10.2 Å². The molecule has 0 aliphatic heterocycles. The molecule has 0 saturated heterocycles. The fourth-order valence-electron chi connectivity index (χ4n) is 2.33. The SMILES string of the molecule is Cc1cc(C2(CC(=O)O)CC2)c(C)cc1Br. The van der Waals surface area contributed by atoms with Crippen molar-refractivity contribution in [1.82, 2.24) is 0 Å². The maximum absolute atomic E-state index is 10.9. The van der Waals surface area contributed by atoms with Crippen LogP contribution >= 0.6 is 15.9 Å². The van der Waals surface area contributed by atoms with Crippen LogP contribution in [0.5, 0.6) is 0 Å².